The van der Waals surface area contributed by atoms with Gasteiger partial charge in [0.2, 0.25) is 0 Å². The van der Waals surface area contributed by atoms with Gasteiger partial charge < -0.3 is 4.74 Å². The highest BCUT2D eigenvalue weighted by Gasteiger charge is 2.33. The zero-order valence-electron chi connectivity index (χ0n) is 13.3. The second kappa shape index (κ2) is 10.5. The molecule has 120 valence electrons. The van der Waals surface area contributed by atoms with Crippen molar-refractivity contribution in [3.63, 3.8) is 0 Å². The molecule has 0 aromatic carbocycles. The van der Waals surface area contributed by atoms with Crippen molar-refractivity contribution in [2.24, 2.45) is 17.8 Å². The maximum atomic E-state index is 10.6. The van der Waals surface area contributed by atoms with E-state index in [0.29, 0.717) is 5.92 Å². The first-order valence-electron chi connectivity index (χ1n) is 7.27. The monoisotopic (exact) mass is 306 g/mol. The number of nitrogens with zero attached hydrogens (tertiary/aromatic N) is 2. The van der Waals surface area contributed by atoms with Crippen LogP contribution < -0.4 is 0 Å². The fourth-order valence-corrected chi connectivity index (χ4v) is 1.61. The lowest BCUT2D eigenvalue weighted by molar-refractivity contribution is -0.156. The maximum Gasteiger partial charge on any atom is 0.310 e. The van der Waals surface area contributed by atoms with Gasteiger partial charge in [0.1, 0.15) is 11.7 Å². The van der Waals surface area contributed by atoms with E-state index in [1.807, 2.05) is 6.07 Å². The molecule has 0 aliphatic heterocycles. The Morgan fingerprint density at radius 2 is 1.55 bits per heavy atom. The molecule has 0 spiro atoms. The van der Waals surface area contributed by atoms with Gasteiger partial charge in [-0.3, -0.25) is 14.4 Å². The van der Waals surface area contributed by atoms with Gasteiger partial charge >= 0.3 is 11.9 Å². The van der Waals surface area contributed by atoms with E-state index in [9.17, 15) is 14.4 Å². The Morgan fingerprint density at radius 1 is 1.05 bits per heavy atom. The molecule has 2 fully saturated rings. The van der Waals surface area contributed by atoms with Gasteiger partial charge in [-0.2, -0.15) is 10.5 Å². The molecule has 22 heavy (non-hydrogen) atoms. The Kier molecular flexibility index (Phi) is 9.45. The number of hydrogen-bond donors (Lipinski definition) is 0. The average molecular weight is 306 g/mol. The van der Waals surface area contributed by atoms with Gasteiger partial charge in [0.05, 0.1) is 12.1 Å². The standard InChI is InChI=1S/C7H9NO.C5H7N.C4H6O3/c1-5(9)7(4-8)6-2-3-6;6-4-3-5-1-2-5;1-3(5)7-4(2)6/h6-7H,2-3H2,1H3;5H,1-3H2;1-2H3. The third kappa shape index (κ3) is 11.6. The summed E-state index contributed by atoms with van der Waals surface area (Å²) in [4.78, 5) is 30.3. The minimum absolute atomic E-state index is 0.0278. The number of carbonyl (C=O) groups is 3. The number of ketones is 1. The van der Waals surface area contributed by atoms with Gasteiger partial charge in [-0.1, -0.05) is 0 Å². The summed E-state index contributed by atoms with van der Waals surface area (Å²) in [6, 6.07) is 4.14. The molecule has 6 heteroatoms. The third-order valence-electron chi connectivity index (χ3n) is 3.03. The lowest BCUT2D eigenvalue weighted by atomic mass is 10.0. The van der Waals surface area contributed by atoms with E-state index in [1.165, 1.54) is 33.6 Å². The summed E-state index contributed by atoms with van der Waals surface area (Å²) in [5.74, 6) is -0.215. The predicted octanol–water partition coefficient (Wildman–Crippen LogP) is 2.53. The van der Waals surface area contributed by atoms with E-state index in [-0.39, 0.29) is 11.7 Å². The maximum absolute atomic E-state index is 10.6. The molecule has 2 aliphatic rings. The Bertz CT molecular complexity index is 467. The van der Waals surface area contributed by atoms with Crippen molar-refractivity contribution >= 4 is 17.7 Å². The molecule has 0 saturated heterocycles. The summed E-state index contributed by atoms with van der Waals surface area (Å²) in [5, 5.41) is 16.5. The molecular weight excluding hydrogens is 284 g/mol. The molecule has 0 aromatic heterocycles. The van der Waals surface area contributed by atoms with Crippen molar-refractivity contribution in [1.82, 2.24) is 0 Å². The Labute approximate surface area is 131 Å². The van der Waals surface area contributed by atoms with Crippen LogP contribution in [0.4, 0.5) is 0 Å². The van der Waals surface area contributed by atoms with Gasteiger partial charge in [0.25, 0.3) is 0 Å². The van der Waals surface area contributed by atoms with Crippen LogP contribution in [-0.4, -0.2) is 17.7 Å². The molecular formula is C16H22N2O4. The number of carbonyl (C=O) groups excluding carboxylic acids is 3. The number of ether oxygens (including phenoxy) is 1. The van der Waals surface area contributed by atoms with Crippen LogP contribution in [0.2, 0.25) is 0 Å². The molecule has 2 rings (SSSR count). The molecule has 0 radical (unpaired) electrons. The lowest BCUT2D eigenvalue weighted by Gasteiger charge is -1.97. The van der Waals surface area contributed by atoms with E-state index >= 15 is 0 Å². The fraction of sp³-hybridized carbons (Fsp3) is 0.688. The van der Waals surface area contributed by atoms with Crippen molar-refractivity contribution in [3.05, 3.63) is 0 Å². The summed E-state index contributed by atoms with van der Waals surface area (Å²) in [5.41, 5.74) is 0. The largest absolute Gasteiger partial charge is 0.394 e. The minimum Gasteiger partial charge on any atom is -0.394 e. The number of nitriles is 2. The lowest BCUT2D eigenvalue weighted by Crippen LogP contribution is -2.09. The van der Waals surface area contributed by atoms with Crippen LogP contribution in [0.3, 0.4) is 0 Å². The smallest absolute Gasteiger partial charge is 0.310 e. The van der Waals surface area contributed by atoms with E-state index in [0.717, 1.165) is 25.2 Å². The topological polar surface area (TPSA) is 108 Å². The second-order valence-corrected chi connectivity index (χ2v) is 5.45. The van der Waals surface area contributed by atoms with E-state index in [1.54, 1.807) is 0 Å². The van der Waals surface area contributed by atoms with E-state index in [4.69, 9.17) is 10.5 Å². The second-order valence-electron chi connectivity index (χ2n) is 5.45. The van der Waals surface area contributed by atoms with Crippen LogP contribution in [0.1, 0.15) is 52.9 Å². The highest BCUT2D eigenvalue weighted by molar-refractivity contribution is 5.82. The average Bonchev–Trinajstić information content (AvgIpc) is 3.23. The quantitative estimate of drug-likeness (QED) is 0.585. The van der Waals surface area contributed by atoms with E-state index < -0.39 is 11.9 Å². The minimum atomic E-state index is -0.562. The Balaban J connectivity index is 0.000000308. The normalized spacial score (nSPS) is 16.2. The Morgan fingerprint density at radius 3 is 1.64 bits per heavy atom. The number of rotatable bonds is 3. The first-order chi connectivity index (χ1) is 10.3. The zero-order chi connectivity index (χ0) is 17.1. The fourth-order valence-electron chi connectivity index (χ4n) is 1.61. The van der Waals surface area contributed by atoms with Crippen LogP contribution in [0.5, 0.6) is 0 Å². The van der Waals surface area contributed by atoms with Crippen molar-refractivity contribution < 1.29 is 19.1 Å². The molecule has 2 aliphatic carbocycles. The summed E-state index contributed by atoms with van der Waals surface area (Å²) < 4.78 is 3.97. The number of esters is 2. The van der Waals surface area contributed by atoms with Gasteiger partial charge in [0.15, 0.2) is 0 Å². The van der Waals surface area contributed by atoms with Gasteiger partial charge in [0, 0.05) is 20.3 Å². The summed E-state index contributed by atoms with van der Waals surface area (Å²) in [7, 11) is 0. The molecule has 0 heterocycles. The van der Waals surface area contributed by atoms with Crippen LogP contribution in [0, 0.1) is 40.4 Å². The van der Waals surface area contributed by atoms with E-state index in [2.05, 4.69) is 10.8 Å². The molecule has 1 unspecified atom stereocenters. The SMILES string of the molecule is CC(=O)C(C#N)C1CC1.CC(=O)OC(C)=O.N#CCC1CC1. The van der Waals surface area contributed by atoms with Crippen LogP contribution in [-0.2, 0) is 19.1 Å². The highest BCUT2D eigenvalue weighted by Crippen LogP contribution is 2.36. The molecule has 2 saturated carbocycles. The summed E-state index contributed by atoms with van der Waals surface area (Å²) in [6.07, 6.45) is 5.52. The molecule has 1 atom stereocenters. The van der Waals surface area contributed by atoms with Crippen LogP contribution >= 0.6 is 0 Å². The molecule has 0 amide bonds. The highest BCUT2D eigenvalue weighted by atomic mass is 16.6. The number of Topliss-reactive ketones (excluding diaryl/α,β-unsaturated/α-hetero) is 1. The van der Waals surface area contributed by atoms with Crippen molar-refractivity contribution in [3.8, 4) is 12.1 Å². The van der Waals surface area contributed by atoms with Crippen LogP contribution in [0.15, 0.2) is 0 Å². The van der Waals surface area contributed by atoms with Gasteiger partial charge in [-0.15, -0.1) is 0 Å². The molecule has 0 aromatic rings. The summed E-state index contributed by atoms with van der Waals surface area (Å²) in [6.45, 7) is 3.86. The van der Waals surface area contributed by atoms with Gasteiger partial charge in [-0.25, -0.2) is 0 Å². The first-order valence-corrected chi connectivity index (χ1v) is 7.27. The first kappa shape index (κ1) is 19.8. The van der Waals surface area contributed by atoms with Gasteiger partial charge in [-0.05, 0) is 44.4 Å². The molecule has 6 nitrogen and oxygen atoms in total. The van der Waals surface area contributed by atoms with Crippen molar-refractivity contribution in [2.45, 2.75) is 52.9 Å². The van der Waals surface area contributed by atoms with Crippen LogP contribution in [0.25, 0.3) is 0 Å². The number of hydrogen-bond acceptors (Lipinski definition) is 6. The Hall–Kier alpha value is -2.21. The van der Waals surface area contributed by atoms with Crippen molar-refractivity contribution in [1.29, 1.82) is 10.5 Å². The zero-order valence-corrected chi connectivity index (χ0v) is 13.3. The summed E-state index contributed by atoms with van der Waals surface area (Å²) >= 11 is 0. The molecule has 0 bridgehead atoms. The van der Waals surface area contributed by atoms with Crippen molar-refractivity contribution in [2.75, 3.05) is 0 Å². The predicted molar refractivity (Wildman–Crippen MR) is 77.9 cm³/mol. The molecule has 0 N–H and O–H groups in total. The third-order valence-corrected chi connectivity index (χ3v) is 3.03.